The Morgan fingerprint density at radius 3 is 2.69 bits per heavy atom. The lowest BCUT2D eigenvalue weighted by Crippen LogP contribution is -2.31. The summed E-state index contributed by atoms with van der Waals surface area (Å²) in [4.78, 5) is 13.5. The van der Waals surface area contributed by atoms with Crippen molar-refractivity contribution in [2.45, 2.75) is 26.2 Å². The molecule has 0 aliphatic heterocycles. The SMILES string of the molecule is CCN(CCCO)CC(=O)C1CC1. The first-order valence-corrected chi connectivity index (χ1v) is 5.13. The first kappa shape index (κ1) is 10.7. The third-order valence-electron chi connectivity index (χ3n) is 2.49. The van der Waals surface area contributed by atoms with Gasteiger partial charge in [0.2, 0.25) is 0 Å². The molecular formula is C10H19NO2. The summed E-state index contributed by atoms with van der Waals surface area (Å²) in [6.45, 7) is 4.59. The van der Waals surface area contributed by atoms with E-state index in [1.807, 2.05) is 0 Å². The number of aliphatic hydroxyl groups excluding tert-OH is 1. The van der Waals surface area contributed by atoms with Crippen LogP contribution in [0.2, 0.25) is 0 Å². The number of Topliss-reactive ketones (excluding diaryl/α,β-unsaturated/α-hetero) is 1. The zero-order valence-corrected chi connectivity index (χ0v) is 8.33. The van der Waals surface area contributed by atoms with Crippen LogP contribution in [0.5, 0.6) is 0 Å². The Hall–Kier alpha value is -0.410. The van der Waals surface area contributed by atoms with E-state index < -0.39 is 0 Å². The van der Waals surface area contributed by atoms with E-state index in [2.05, 4.69) is 11.8 Å². The molecule has 0 aromatic rings. The summed E-state index contributed by atoms with van der Waals surface area (Å²) in [5.74, 6) is 0.753. The highest BCUT2D eigenvalue weighted by Gasteiger charge is 2.29. The fourth-order valence-electron chi connectivity index (χ4n) is 1.40. The Balaban J connectivity index is 2.17. The Bertz CT molecular complexity index is 166. The highest BCUT2D eigenvalue weighted by Crippen LogP contribution is 2.29. The summed E-state index contributed by atoms with van der Waals surface area (Å²) in [5, 5.41) is 8.65. The van der Waals surface area contributed by atoms with Crippen LogP contribution in [0.15, 0.2) is 0 Å². The van der Waals surface area contributed by atoms with Gasteiger partial charge < -0.3 is 5.11 Å². The molecule has 1 aliphatic carbocycles. The van der Waals surface area contributed by atoms with Crippen molar-refractivity contribution in [2.24, 2.45) is 5.92 Å². The molecule has 0 aromatic carbocycles. The lowest BCUT2D eigenvalue weighted by Gasteiger charge is -2.18. The number of ketones is 1. The molecule has 1 fully saturated rings. The standard InChI is InChI=1S/C10H19NO2/c1-2-11(6-3-7-12)8-10(13)9-4-5-9/h9,12H,2-8H2,1H3. The van der Waals surface area contributed by atoms with Gasteiger partial charge in [-0.2, -0.15) is 0 Å². The first-order chi connectivity index (χ1) is 6.27. The summed E-state index contributed by atoms with van der Waals surface area (Å²) in [6.07, 6.45) is 2.96. The molecule has 0 saturated heterocycles. The Kier molecular flexibility index (Phi) is 4.39. The maximum atomic E-state index is 11.4. The van der Waals surface area contributed by atoms with Crippen LogP contribution in [0.4, 0.5) is 0 Å². The molecule has 3 nitrogen and oxygen atoms in total. The molecule has 1 rings (SSSR count). The molecule has 1 saturated carbocycles. The molecule has 0 bridgehead atoms. The van der Waals surface area contributed by atoms with E-state index in [0.29, 0.717) is 18.2 Å². The number of carbonyl (C=O) groups excluding carboxylic acids is 1. The van der Waals surface area contributed by atoms with Crippen molar-refractivity contribution in [1.82, 2.24) is 4.90 Å². The van der Waals surface area contributed by atoms with Crippen molar-refractivity contribution in [2.75, 3.05) is 26.2 Å². The first-order valence-electron chi connectivity index (χ1n) is 5.13. The average molecular weight is 185 g/mol. The molecule has 0 amide bonds. The fourth-order valence-corrected chi connectivity index (χ4v) is 1.40. The van der Waals surface area contributed by atoms with Crippen LogP contribution in [-0.4, -0.2) is 42.0 Å². The minimum absolute atomic E-state index is 0.216. The smallest absolute Gasteiger partial charge is 0.149 e. The largest absolute Gasteiger partial charge is 0.396 e. The van der Waals surface area contributed by atoms with Crippen LogP contribution in [0, 0.1) is 5.92 Å². The van der Waals surface area contributed by atoms with Gasteiger partial charge in [-0.1, -0.05) is 6.92 Å². The van der Waals surface area contributed by atoms with Gasteiger partial charge in [0.05, 0.1) is 6.54 Å². The monoisotopic (exact) mass is 185 g/mol. The van der Waals surface area contributed by atoms with Crippen molar-refractivity contribution in [3.05, 3.63) is 0 Å². The van der Waals surface area contributed by atoms with E-state index in [1.165, 1.54) is 0 Å². The summed E-state index contributed by atoms with van der Waals surface area (Å²) in [7, 11) is 0. The van der Waals surface area contributed by atoms with Crippen LogP contribution in [0.1, 0.15) is 26.2 Å². The van der Waals surface area contributed by atoms with Gasteiger partial charge in [-0.25, -0.2) is 0 Å². The van der Waals surface area contributed by atoms with E-state index in [9.17, 15) is 4.79 Å². The molecule has 0 radical (unpaired) electrons. The third kappa shape index (κ3) is 3.87. The third-order valence-corrected chi connectivity index (χ3v) is 2.49. The second-order valence-electron chi connectivity index (χ2n) is 3.69. The van der Waals surface area contributed by atoms with Crippen molar-refractivity contribution < 1.29 is 9.90 Å². The van der Waals surface area contributed by atoms with Gasteiger partial charge in [-0.3, -0.25) is 9.69 Å². The summed E-state index contributed by atoms with van der Waals surface area (Å²) in [6, 6.07) is 0. The van der Waals surface area contributed by atoms with Gasteiger partial charge in [-0.15, -0.1) is 0 Å². The normalized spacial score (nSPS) is 16.5. The minimum Gasteiger partial charge on any atom is -0.396 e. The average Bonchev–Trinajstić information content (AvgIpc) is 2.94. The predicted molar refractivity (Wildman–Crippen MR) is 51.5 cm³/mol. The molecule has 1 N–H and O–H groups in total. The molecule has 0 spiro atoms. The zero-order chi connectivity index (χ0) is 9.68. The van der Waals surface area contributed by atoms with Crippen molar-refractivity contribution in [3.63, 3.8) is 0 Å². The molecule has 0 atom stereocenters. The van der Waals surface area contributed by atoms with Gasteiger partial charge in [0.1, 0.15) is 5.78 Å². The van der Waals surface area contributed by atoms with Gasteiger partial charge in [0, 0.05) is 19.1 Å². The maximum absolute atomic E-state index is 11.4. The van der Waals surface area contributed by atoms with E-state index >= 15 is 0 Å². The quantitative estimate of drug-likeness (QED) is 0.633. The van der Waals surface area contributed by atoms with Crippen LogP contribution in [0.3, 0.4) is 0 Å². The van der Waals surface area contributed by atoms with E-state index in [1.54, 1.807) is 0 Å². The van der Waals surface area contributed by atoms with Crippen molar-refractivity contribution in [1.29, 1.82) is 0 Å². The number of likely N-dealkylation sites (N-methyl/N-ethyl adjacent to an activating group) is 1. The second kappa shape index (κ2) is 5.35. The molecule has 0 unspecified atom stereocenters. The number of aliphatic hydroxyl groups is 1. The number of carbonyl (C=O) groups is 1. The van der Waals surface area contributed by atoms with Crippen LogP contribution >= 0.6 is 0 Å². The fraction of sp³-hybridized carbons (Fsp3) is 0.900. The van der Waals surface area contributed by atoms with Gasteiger partial charge in [0.25, 0.3) is 0 Å². The molecule has 1 aliphatic rings. The number of nitrogens with zero attached hydrogens (tertiary/aromatic N) is 1. The number of hydrogen-bond donors (Lipinski definition) is 1. The molecule has 3 heteroatoms. The van der Waals surface area contributed by atoms with Crippen LogP contribution in [-0.2, 0) is 4.79 Å². The highest BCUT2D eigenvalue weighted by molar-refractivity contribution is 5.84. The molecule has 76 valence electrons. The van der Waals surface area contributed by atoms with Crippen molar-refractivity contribution >= 4 is 5.78 Å². The Labute approximate surface area is 79.7 Å². The van der Waals surface area contributed by atoms with E-state index in [-0.39, 0.29) is 6.61 Å². The Morgan fingerprint density at radius 2 is 2.23 bits per heavy atom. The van der Waals surface area contributed by atoms with Gasteiger partial charge in [0.15, 0.2) is 0 Å². The second-order valence-corrected chi connectivity index (χ2v) is 3.69. The zero-order valence-electron chi connectivity index (χ0n) is 8.33. The number of rotatable bonds is 7. The lowest BCUT2D eigenvalue weighted by molar-refractivity contribution is -0.121. The van der Waals surface area contributed by atoms with Crippen LogP contribution < -0.4 is 0 Å². The summed E-state index contributed by atoms with van der Waals surface area (Å²) in [5.41, 5.74) is 0. The topological polar surface area (TPSA) is 40.5 Å². The highest BCUT2D eigenvalue weighted by atomic mass is 16.3. The summed E-state index contributed by atoms with van der Waals surface area (Å²) >= 11 is 0. The molecule has 13 heavy (non-hydrogen) atoms. The Morgan fingerprint density at radius 1 is 1.54 bits per heavy atom. The molecular weight excluding hydrogens is 166 g/mol. The maximum Gasteiger partial charge on any atom is 0.149 e. The minimum atomic E-state index is 0.216. The number of hydrogen-bond acceptors (Lipinski definition) is 3. The lowest BCUT2D eigenvalue weighted by atomic mass is 10.2. The summed E-state index contributed by atoms with van der Waals surface area (Å²) < 4.78 is 0. The predicted octanol–water partition coefficient (Wildman–Crippen LogP) is 0.670. The van der Waals surface area contributed by atoms with Gasteiger partial charge >= 0.3 is 0 Å². The van der Waals surface area contributed by atoms with Crippen LogP contribution in [0.25, 0.3) is 0 Å². The van der Waals surface area contributed by atoms with E-state index in [4.69, 9.17) is 5.11 Å². The van der Waals surface area contributed by atoms with Crippen molar-refractivity contribution in [3.8, 4) is 0 Å². The van der Waals surface area contributed by atoms with E-state index in [0.717, 1.165) is 32.4 Å². The van der Waals surface area contributed by atoms with Gasteiger partial charge in [-0.05, 0) is 25.8 Å². The molecule has 0 aromatic heterocycles. The molecule has 0 heterocycles.